The molecular formula is C21H19BrFNO3S. The summed E-state index contributed by atoms with van der Waals surface area (Å²) < 4.78 is 20.4. The second kappa shape index (κ2) is 8.92. The number of ether oxygens (including phenoxy) is 1. The summed E-state index contributed by atoms with van der Waals surface area (Å²) in [5.74, 6) is 0.0557. The van der Waals surface area contributed by atoms with Crippen LogP contribution in [0.5, 0.6) is 5.75 Å². The van der Waals surface area contributed by atoms with Crippen LogP contribution in [0, 0.1) is 11.7 Å². The van der Waals surface area contributed by atoms with Crippen molar-refractivity contribution in [1.29, 1.82) is 0 Å². The Kier molecular flexibility index (Phi) is 6.57. The lowest BCUT2D eigenvalue weighted by molar-refractivity contribution is -0.123. The summed E-state index contributed by atoms with van der Waals surface area (Å²) in [6, 6.07) is 11.8. The highest BCUT2D eigenvalue weighted by molar-refractivity contribution is 9.10. The van der Waals surface area contributed by atoms with Gasteiger partial charge in [-0.15, -0.1) is 0 Å². The van der Waals surface area contributed by atoms with Crippen molar-refractivity contribution >= 4 is 44.9 Å². The summed E-state index contributed by atoms with van der Waals surface area (Å²) in [6.07, 6.45) is 1.65. The molecule has 0 atom stereocenters. The van der Waals surface area contributed by atoms with E-state index in [0.717, 1.165) is 16.2 Å². The number of nitrogens with zero attached hydrogens (tertiary/aromatic N) is 1. The Morgan fingerprint density at radius 3 is 2.68 bits per heavy atom. The van der Waals surface area contributed by atoms with Crippen molar-refractivity contribution in [2.24, 2.45) is 5.92 Å². The molecule has 0 aliphatic carbocycles. The number of carbonyl (C=O) groups excluding carboxylic acids is 2. The largest absolute Gasteiger partial charge is 0.488 e. The topological polar surface area (TPSA) is 46.6 Å². The van der Waals surface area contributed by atoms with Gasteiger partial charge in [-0.2, -0.15) is 0 Å². The standard InChI is InChI=1S/C21H19BrFNO3S/c1-13(2)11-24-20(25)19(28-21(24)26)10-15-9-16(22)7-8-18(15)27-12-14-5-3-4-6-17(14)23/h3-10,13H,11-12H2,1-2H3/b19-10+. The molecule has 0 bridgehead atoms. The molecule has 0 unspecified atom stereocenters. The van der Waals surface area contributed by atoms with Crippen LogP contribution < -0.4 is 4.74 Å². The van der Waals surface area contributed by atoms with Crippen LogP contribution in [0.25, 0.3) is 6.08 Å². The zero-order chi connectivity index (χ0) is 20.3. The van der Waals surface area contributed by atoms with Crippen LogP contribution >= 0.6 is 27.7 Å². The number of amides is 2. The number of imide groups is 1. The van der Waals surface area contributed by atoms with E-state index >= 15 is 0 Å². The molecule has 2 aromatic rings. The normalized spacial score (nSPS) is 15.8. The molecule has 0 N–H and O–H groups in total. The number of halogens is 2. The Morgan fingerprint density at radius 2 is 1.96 bits per heavy atom. The lowest BCUT2D eigenvalue weighted by Gasteiger charge is -2.14. The number of carbonyl (C=O) groups is 2. The molecule has 1 aliphatic rings. The SMILES string of the molecule is CC(C)CN1C(=O)S/C(=C/c2cc(Br)ccc2OCc2ccccc2F)C1=O. The van der Waals surface area contributed by atoms with Crippen molar-refractivity contribution in [3.05, 3.63) is 68.8 Å². The Labute approximate surface area is 175 Å². The third-order valence-corrected chi connectivity index (χ3v) is 5.42. The fourth-order valence-electron chi connectivity index (χ4n) is 2.70. The number of hydrogen-bond donors (Lipinski definition) is 0. The molecule has 0 saturated carbocycles. The second-order valence-corrected chi connectivity index (χ2v) is 8.66. The highest BCUT2D eigenvalue weighted by Gasteiger charge is 2.35. The molecule has 0 aromatic heterocycles. The quantitative estimate of drug-likeness (QED) is 0.503. The summed E-state index contributed by atoms with van der Waals surface area (Å²) in [4.78, 5) is 26.4. The third-order valence-electron chi connectivity index (χ3n) is 4.02. The first-order valence-electron chi connectivity index (χ1n) is 8.76. The molecular weight excluding hydrogens is 445 g/mol. The van der Waals surface area contributed by atoms with Gasteiger partial charge in [0.05, 0.1) is 4.91 Å². The molecule has 4 nitrogen and oxygen atoms in total. The van der Waals surface area contributed by atoms with Crippen LogP contribution in [0.4, 0.5) is 9.18 Å². The van der Waals surface area contributed by atoms with Crippen LogP contribution in [0.15, 0.2) is 51.8 Å². The van der Waals surface area contributed by atoms with E-state index in [0.29, 0.717) is 28.3 Å². The lowest BCUT2D eigenvalue weighted by atomic mass is 10.1. The second-order valence-electron chi connectivity index (χ2n) is 6.75. The average Bonchev–Trinajstić information content (AvgIpc) is 2.89. The number of hydrogen-bond acceptors (Lipinski definition) is 4. The zero-order valence-electron chi connectivity index (χ0n) is 15.4. The van der Waals surface area contributed by atoms with Crippen molar-refractivity contribution in [1.82, 2.24) is 4.90 Å². The first kappa shape index (κ1) is 20.6. The van der Waals surface area contributed by atoms with Crippen molar-refractivity contribution < 1.29 is 18.7 Å². The van der Waals surface area contributed by atoms with E-state index in [1.165, 1.54) is 11.0 Å². The van der Waals surface area contributed by atoms with Gasteiger partial charge in [0, 0.05) is 22.1 Å². The predicted molar refractivity (Wildman–Crippen MR) is 112 cm³/mol. The van der Waals surface area contributed by atoms with Gasteiger partial charge in [-0.1, -0.05) is 48.0 Å². The maximum Gasteiger partial charge on any atom is 0.293 e. The van der Waals surface area contributed by atoms with E-state index in [-0.39, 0.29) is 29.5 Å². The van der Waals surface area contributed by atoms with Crippen LogP contribution in [0.1, 0.15) is 25.0 Å². The van der Waals surface area contributed by atoms with Crippen molar-refractivity contribution in [3.63, 3.8) is 0 Å². The minimum atomic E-state index is -0.337. The van der Waals surface area contributed by atoms with Crippen LogP contribution in [0.2, 0.25) is 0 Å². The Bertz CT molecular complexity index is 945. The van der Waals surface area contributed by atoms with Gasteiger partial charge in [-0.25, -0.2) is 4.39 Å². The van der Waals surface area contributed by atoms with Gasteiger partial charge in [-0.05, 0) is 48.0 Å². The first-order chi connectivity index (χ1) is 13.3. The van der Waals surface area contributed by atoms with Gasteiger partial charge in [0.1, 0.15) is 18.2 Å². The molecule has 0 spiro atoms. The molecule has 1 heterocycles. The molecule has 1 fully saturated rings. The summed E-state index contributed by atoms with van der Waals surface area (Å²) >= 11 is 4.33. The Balaban J connectivity index is 1.85. The molecule has 0 radical (unpaired) electrons. The van der Waals surface area contributed by atoms with E-state index in [1.807, 2.05) is 13.8 Å². The van der Waals surface area contributed by atoms with E-state index in [9.17, 15) is 14.0 Å². The molecule has 2 amide bonds. The maximum atomic E-state index is 13.8. The first-order valence-corrected chi connectivity index (χ1v) is 10.4. The summed E-state index contributed by atoms with van der Waals surface area (Å²) in [5.41, 5.74) is 1.08. The molecule has 146 valence electrons. The van der Waals surface area contributed by atoms with Gasteiger partial charge >= 0.3 is 0 Å². The molecule has 7 heteroatoms. The van der Waals surface area contributed by atoms with Gasteiger partial charge < -0.3 is 4.74 Å². The lowest BCUT2D eigenvalue weighted by Crippen LogP contribution is -2.31. The maximum absolute atomic E-state index is 13.8. The summed E-state index contributed by atoms with van der Waals surface area (Å²) in [7, 11) is 0. The number of thioether (sulfide) groups is 1. The van der Waals surface area contributed by atoms with E-state index in [4.69, 9.17) is 4.74 Å². The Morgan fingerprint density at radius 1 is 1.21 bits per heavy atom. The monoisotopic (exact) mass is 463 g/mol. The molecule has 2 aromatic carbocycles. The summed E-state index contributed by atoms with van der Waals surface area (Å²) in [6.45, 7) is 4.35. The van der Waals surface area contributed by atoms with Crippen LogP contribution in [-0.4, -0.2) is 22.6 Å². The Hall–Kier alpha value is -2.12. The number of benzene rings is 2. The smallest absolute Gasteiger partial charge is 0.293 e. The third kappa shape index (κ3) is 4.83. The zero-order valence-corrected chi connectivity index (χ0v) is 17.8. The van der Waals surface area contributed by atoms with Gasteiger partial charge in [-0.3, -0.25) is 14.5 Å². The van der Waals surface area contributed by atoms with Gasteiger partial charge in [0.15, 0.2) is 0 Å². The number of rotatable bonds is 6. The molecule has 1 saturated heterocycles. The highest BCUT2D eigenvalue weighted by Crippen LogP contribution is 2.35. The fourth-order valence-corrected chi connectivity index (χ4v) is 3.92. The van der Waals surface area contributed by atoms with E-state index < -0.39 is 0 Å². The molecule has 3 rings (SSSR count). The van der Waals surface area contributed by atoms with Crippen molar-refractivity contribution in [2.45, 2.75) is 20.5 Å². The van der Waals surface area contributed by atoms with E-state index in [2.05, 4.69) is 15.9 Å². The minimum absolute atomic E-state index is 0.0595. The average molecular weight is 464 g/mol. The van der Waals surface area contributed by atoms with Crippen molar-refractivity contribution in [3.8, 4) is 5.75 Å². The van der Waals surface area contributed by atoms with E-state index in [1.54, 1.807) is 42.5 Å². The van der Waals surface area contributed by atoms with Crippen LogP contribution in [0.3, 0.4) is 0 Å². The van der Waals surface area contributed by atoms with Crippen molar-refractivity contribution in [2.75, 3.05) is 6.54 Å². The summed E-state index contributed by atoms with van der Waals surface area (Å²) in [5, 5.41) is -0.270. The van der Waals surface area contributed by atoms with Gasteiger partial charge in [0.25, 0.3) is 11.1 Å². The van der Waals surface area contributed by atoms with Crippen LogP contribution in [-0.2, 0) is 11.4 Å². The highest BCUT2D eigenvalue weighted by atomic mass is 79.9. The molecule has 1 aliphatic heterocycles. The van der Waals surface area contributed by atoms with Gasteiger partial charge in [0.2, 0.25) is 0 Å². The minimum Gasteiger partial charge on any atom is -0.488 e. The molecule has 28 heavy (non-hydrogen) atoms. The fraction of sp³-hybridized carbons (Fsp3) is 0.238. The predicted octanol–water partition coefficient (Wildman–Crippen LogP) is 5.86.